The van der Waals surface area contributed by atoms with Crippen molar-refractivity contribution in [2.45, 2.75) is 25.5 Å². The molecule has 3 nitrogen and oxygen atoms in total. The van der Waals surface area contributed by atoms with Gasteiger partial charge in [0.05, 0.1) is 0 Å². The Hall–Kier alpha value is -0.420. The SMILES string of the molecule is CSCCC(C)NCC(O)COc1cccc(Cl)c1. The molecule has 0 aromatic heterocycles. The van der Waals surface area contributed by atoms with E-state index in [0.29, 0.717) is 23.4 Å². The Bertz CT molecular complexity index is 365. The second kappa shape index (κ2) is 9.48. The molecule has 108 valence electrons. The van der Waals surface area contributed by atoms with Gasteiger partial charge in [-0.05, 0) is 43.6 Å². The van der Waals surface area contributed by atoms with Crippen LogP contribution in [-0.2, 0) is 0 Å². The molecule has 19 heavy (non-hydrogen) atoms. The molecule has 0 spiro atoms. The molecule has 0 fully saturated rings. The van der Waals surface area contributed by atoms with Crippen LogP contribution >= 0.6 is 23.4 Å². The van der Waals surface area contributed by atoms with E-state index in [1.165, 1.54) is 0 Å². The highest BCUT2D eigenvalue weighted by atomic mass is 35.5. The normalized spacial score (nSPS) is 14.1. The second-order valence-electron chi connectivity index (χ2n) is 4.51. The van der Waals surface area contributed by atoms with Crippen molar-refractivity contribution in [2.75, 3.05) is 25.2 Å². The first kappa shape index (κ1) is 16.6. The molecular weight excluding hydrogens is 282 g/mol. The monoisotopic (exact) mass is 303 g/mol. The molecule has 0 heterocycles. The Kier molecular flexibility index (Phi) is 8.30. The van der Waals surface area contributed by atoms with Crippen LogP contribution in [-0.4, -0.2) is 42.4 Å². The van der Waals surface area contributed by atoms with Crippen LogP contribution in [0.1, 0.15) is 13.3 Å². The zero-order valence-corrected chi connectivity index (χ0v) is 13.0. The third-order valence-electron chi connectivity index (χ3n) is 2.70. The molecule has 1 aromatic rings. The Morgan fingerprint density at radius 2 is 2.26 bits per heavy atom. The number of hydrogen-bond acceptors (Lipinski definition) is 4. The third-order valence-corrected chi connectivity index (χ3v) is 3.57. The highest BCUT2D eigenvalue weighted by Gasteiger charge is 2.08. The van der Waals surface area contributed by atoms with Crippen molar-refractivity contribution in [1.29, 1.82) is 0 Å². The van der Waals surface area contributed by atoms with Gasteiger partial charge in [-0.15, -0.1) is 0 Å². The van der Waals surface area contributed by atoms with Gasteiger partial charge in [0.2, 0.25) is 0 Å². The van der Waals surface area contributed by atoms with Crippen LogP contribution in [0.25, 0.3) is 0 Å². The summed E-state index contributed by atoms with van der Waals surface area (Å²) in [7, 11) is 0. The van der Waals surface area contributed by atoms with Crippen LogP contribution in [0, 0.1) is 0 Å². The number of ether oxygens (including phenoxy) is 1. The Labute approximate surface area is 124 Å². The molecule has 2 N–H and O–H groups in total. The topological polar surface area (TPSA) is 41.5 Å². The summed E-state index contributed by atoms with van der Waals surface area (Å²) in [6, 6.07) is 7.59. The van der Waals surface area contributed by atoms with Gasteiger partial charge in [0.25, 0.3) is 0 Å². The van der Waals surface area contributed by atoms with Crippen molar-refractivity contribution in [3.05, 3.63) is 29.3 Å². The minimum absolute atomic E-state index is 0.266. The van der Waals surface area contributed by atoms with Crippen LogP contribution < -0.4 is 10.1 Å². The Morgan fingerprint density at radius 3 is 2.95 bits per heavy atom. The van der Waals surface area contributed by atoms with E-state index in [2.05, 4.69) is 18.5 Å². The number of benzene rings is 1. The van der Waals surface area contributed by atoms with Crippen LogP contribution in [0.2, 0.25) is 5.02 Å². The third kappa shape index (κ3) is 7.67. The van der Waals surface area contributed by atoms with Crippen molar-refractivity contribution in [3.63, 3.8) is 0 Å². The van der Waals surface area contributed by atoms with Gasteiger partial charge in [-0.25, -0.2) is 0 Å². The predicted octanol–water partition coefficient (Wildman–Crippen LogP) is 2.81. The van der Waals surface area contributed by atoms with Gasteiger partial charge in [-0.1, -0.05) is 17.7 Å². The summed E-state index contributed by atoms with van der Waals surface area (Å²) < 4.78 is 5.48. The summed E-state index contributed by atoms with van der Waals surface area (Å²) in [5.41, 5.74) is 0. The summed E-state index contributed by atoms with van der Waals surface area (Å²) in [4.78, 5) is 0. The number of rotatable bonds is 9. The summed E-state index contributed by atoms with van der Waals surface area (Å²) in [6.07, 6.45) is 2.68. The molecule has 0 aliphatic carbocycles. The number of aliphatic hydroxyl groups is 1. The van der Waals surface area contributed by atoms with Gasteiger partial charge >= 0.3 is 0 Å². The number of aliphatic hydroxyl groups excluding tert-OH is 1. The minimum Gasteiger partial charge on any atom is -0.491 e. The summed E-state index contributed by atoms with van der Waals surface area (Å²) in [6.45, 7) is 2.93. The average Bonchev–Trinajstić information content (AvgIpc) is 2.40. The lowest BCUT2D eigenvalue weighted by Crippen LogP contribution is -2.36. The van der Waals surface area contributed by atoms with E-state index in [4.69, 9.17) is 16.3 Å². The van der Waals surface area contributed by atoms with Crippen molar-refractivity contribution < 1.29 is 9.84 Å². The minimum atomic E-state index is -0.518. The first-order chi connectivity index (χ1) is 9.11. The maximum Gasteiger partial charge on any atom is 0.120 e. The highest BCUT2D eigenvalue weighted by Crippen LogP contribution is 2.17. The van der Waals surface area contributed by atoms with Gasteiger partial charge < -0.3 is 15.2 Å². The highest BCUT2D eigenvalue weighted by molar-refractivity contribution is 7.98. The quantitative estimate of drug-likeness (QED) is 0.736. The van der Waals surface area contributed by atoms with E-state index >= 15 is 0 Å². The van der Waals surface area contributed by atoms with Crippen LogP contribution in [0.15, 0.2) is 24.3 Å². The standard InChI is InChI=1S/C14H22ClNO2S/c1-11(6-7-19-2)16-9-13(17)10-18-14-5-3-4-12(15)8-14/h3-5,8,11,13,16-17H,6-7,9-10H2,1-2H3. The fraction of sp³-hybridized carbons (Fsp3) is 0.571. The molecule has 2 unspecified atom stereocenters. The smallest absolute Gasteiger partial charge is 0.120 e. The van der Waals surface area contributed by atoms with E-state index in [-0.39, 0.29) is 6.61 Å². The van der Waals surface area contributed by atoms with Crippen molar-refractivity contribution in [2.24, 2.45) is 0 Å². The molecule has 0 saturated carbocycles. The fourth-order valence-electron chi connectivity index (χ4n) is 1.54. The van der Waals surface area contributed by atoms with Crippen LogP contribution in [0.4, 0.5) is 0 Å². The van der Waals surface area contributed by atoms with Crippen molar-refractivity contribution >= 4 is 23.4 Å². The average molecular weight is 304 g/mol. The van der Waals surface area contributed by atoms with Gasteiger partial charge in [0.1, 0.15) is 18.5 Å². The lowest BCUT2D eigenvalue weighted by atomic mass is 10.2. The molecule has 5 heteroatoms. The largest absolute Gasteiger partial charge is 0.491 e. The second-order valence-corrected chi connectivity index (χ2v) is 5.94. The van der Waals surface area contributed by atoms with Gasteiger partial charge in [0.15, 0.2) is 0 Å². The number of thioether (sulfide) groups is 1. The first-order valence-electron chi connectivity index (χ1n) is 6.40. The van der Waals surface area contributed by atoms with E-state index in [1.807, 2.05) is 23.9 Å². The van der Waals surface area contributed by atoms with E-state index in [0.717, 1.165) is 12.2 Å². The van der Waals surface area contributed by atoms with Crippen LogP contribution in [0.5, 0.6) is 5.75 Å². The summed E-state index contributed by atoms with van der Waals surface area (Å²) in [5.74, 6) is 1.81. The maximum absolute atomic E-state index is 9.83. The maximum atomic E-state index is 9.83. The molecule has 1 aromatic carbocycles. The number of halogens is 1. The van der Waals surface area contributed by atoms with Crippen LogP contribution in [0.3, 0.4) is 0 Å². The summed E-state index contributed by atoms with van der Waals surface area (Å²) in [5, 5.41) is 13.8. The molecular formula is C14H22ClNO2S. The molecule has 0 aliphatic heterocycles. The van der Waals surface area contributed by atoms with Crippen molar-refractivity contribution in [3.8, 4) is 5.75 Å². The molecule has 0 bridgehead atoms. The Balaban J connectivity index is 2.19. The molecule has 0 saturated heterocycles. The Morgan fingerprint density at radius 1 is 1.47 bits per heavy atom. The molecule has 0 amide bonds. The lowest BCUT2D eigenvalue weighted by Gasteiger charge is -2.17. The number of hydrogen-bond donors (Lipinski definition) is 2. The summed E-state index contributed by atoms with van der Waals surface area (Å²) >= 11 is 7.69. The zero-order valence-electron chi connectivity index (χ0n) is 11.4. The van der Waals surface area contributed by atoms with Gasteiger partial charge in [-0.2, -0.15) is 11.8 Å². The van der Waals surface area contributed by atoms with E-state index in [9.17, 15) is 5.11 Å². The lowest BCUT2D eigenvalue weighted by molar-refractivity contribution is 0.104. The molecule has 0 radical (unpaired) electrons. The van der Waals surface area contributed by atoms with E-state index < -0.39 is 6.10 Å². The molecule has 0 aliphatic rings. The van der Waals surface area contributed by atoms with Gasteiger partial charge in [-0.3, -0.25) is 0 Å². The molecule has 2 atom stereocenters. The zero-order chi connectivity index (χ0) is 14.1. The first-order valence-corrected chi connectivity index (χ1v) is 8.17. The van der Waals surface area contributed by atoms with Crippen molar-refractivity contribution in [1.82, 2.24) is 5.32 Å². The number of nitrogens with one attached hydrogen (secondary N) is 1. The fourth-order valence-corrected chi connectivity index (χ4v) is 2.31. The van der Waals surface area contributed by atoms with Gasteiger partial charge in [0, 0.05) is 17.6 Å². The predicted molar refractivity (Wildman–Crippen MR) is 83.4 cm³/mol. The van der Waals surface area contributed by atoms with E-state index in [1.54, 1.807) is 12.1 Å². The molecule has 1 rings (SSSR count).